The third kappa shape index (κ3) is 4.12. The number of nitrogens with one attached hydrogen (secondary N) is 1. The molecule has 0 fully saturated rings. The molecule has 6 nitrogen and oxygen atoms in total. The normalized spacial score (nSPS) is 12.9. The van der Waals surface area contributed by atoms with Crippen LogP contribution in [-0.2, 0) is 23.3 Å². The number of benzene rings is 1. The summed E-state index contributed by atoms with van der Waals surface area (Å²) in [5.41, 5.74) is 7.45. The van der Waals surface area contributed by atoms with Gasteiger partial charge in [0.15, 0.2) is 0 Å². The number of carbonyl (C=O) groups is 1. The Hall–Kier alpha value is -3.25. The van der Waals surface area contributed by atoms with Crippen molar-refractivity contribution in [2.45, 2.75) is 18.5 Å². The van der Waals surface area contributed by atoms with E-state index < -0.39 is 11.4 Å². The fraction of sp³-hybridized carbons (Fsp3) is 0.190. The van der Waals surface area contributed by atoms with E-state index in [9.17, 15) is 4.79 Å². The van der Waals surface area contributed by atoms with Crippen molar-refractivity contribution in [2.24, 2.45) is 5.73 Å². The van der Waals surface area contributed by atoms with Gasteiger partial charge in [-0.3, -0.25) is 20.1 Å². The molecule has 0 bridgehead atoms. The van der Waals surface area contributed by atoms with Crippen LogP contribution < -0.4 is 15.8 Å². The summed E-state index contributed by atoms with van der Waals surface area (Å²) >= 11 is 0. The van der Waals surface area contributed by atoms with E-state index in [1.54, 1.807) is 31.9 Å². The maximum Gasteiger partial charge on any atom is 0.242 e. The highest BCUT2D eigenvalue weighted by Gasteiger charge is 2.40. The van der Waals surface area contributed by atoms with Crippen LogP contribution >= 0.6 is 0 Å². The summed E-state index contributed by atoms with van der Waals surface area (Å²) in [5, 5.41) is 3.39. The van der Waals surface area contributed by atoms with Gasteiger partial charge in [-0.15, -0.1) is 0 Å². The first kappa shape index (κ1) is 18.5. The molecule has 27 heavy (non-hydrogen) atoms. The zero-order valence-electron chi connectivity index (χ0n) is 15.1. The number of pyridine rings is 2. The molecule has 0 radical (unpaired) electrons. The molecule has 1 aromatic carbocycles. The van der Waals surface area contributed by atoms with Crippen molar-refractivity contribution in [1.82, 2.24) is 15.3 Å². The topological polar surface area (TPSA) is 90.1 Å². The van der Waals surface area contributed by atoms with Crippen molar-refractivity contribution < 1.29 is 9.53 Å². The van der Waals surface area contributed by atoms with Crippen molar-refractivity contribution >= 4 is 5.91 Å². The average Bonchev–Trinajstić information content (AvgIpc) is 2.72. The van der Waals surface area contributed by atoms with Gasteiger partial charge < -0.3 is 10.5 Å². The average molecular weight is 362 g/mol. The minimum Gasteiger partial charge on any atom is -0.496 e. The first-order chi connectivity index (χ1) is 13.2. The molecular formula is C21H22N4O2. The summed E-state index contributed by atoms with van der Waals surface area (Å²) < 4.78 is 5.52. The van der Waals surface area contributed by atoms with Crippen LogP contribution in [0.25, 0.3) is 0 Å². The van der Waals surface area contributed by atoms with Crippen LogP contribution in [0, 0.1) is 0 Å². The smallest absolute Gasteiger partial charge is 0.242 e. The standard InChI is InChI=1S/C21H22N4O2/c1-27-19-5-3-2-4-18(19)21(20(22)26,14-16-6-10-23-11-7-16)25-15-17-8-12-24-13-9-17/h2-13,25H,14-15H2,1H3,(H2,22,26). The van der Waals surface area contributed by atoms with Crippen LogP contribution in [0.15, 0.2) is 73.3 Å². The van der Waals surface area contributed by atoms with E-state index in [2.05, 4.69) is 15.3 Å². The van der Waals surface area contributed by atoms with Crippen LogP contribution in [0.2, 0.25) is 0 Å². The highest BCUT2D eigenvalue weighted by molar-refractivity contribution is 5.87. The minimum atomic E-state index is -1.14. The van der Waals surface area contributed by atoms with Crippen molar-refractivity contribution in [2.75, 3.05) is 7.11 Å². The van der Waals surface area contributed by atoms with E-state index in [1.807, 2.05) is 48.5 Å². The number of hydrogen-bond donors (Lipinski definition) is 2. The zero-order chi connectivity index (χ0) is 19.1. The molecule has 0 saturated heterocycles. The number of aromatic nitrogens is 2. The number of methoxy groups -OCH3 is 1. The van der Waals surface area contributed by atoms with Gasteiger partial charge in [-0.25, -0.2) is 0 Å². The lowest BCUT2D eigenvalue weighted by Crippen LogP contribution is -2.54. The summed E-state index contributed by atoms with van der Waals surface area (Å²) in [6.07, 6.45) is 7.21. The molecular weight excluding hydrogens is 340 g/mol. The number of para-hydroxylation sites is 1. The van der Waals surface area contributed by atoms with E-state index in [0.717, 1.165) is 11.1 Å². The monoisotopic (exact) mass is 362 g/mol. The number of nitrogens with two attached hydrogens (primary N) is 1. The van der Waals surface area contributed by atoms with Crippen LogP contribution in [0.5, 0.6) is 5.75 Å². The summed E-state index contributed by atoms with van der Waals surface area (Å²) in [4.78, 5) is 20.9. The van der Waals surface area contributed by atoms with Crippen molar-refractivity contribution in [3.63, 3.8) is 0 Å². The minimum absolute atomic E-state index is 0.371. The summed E-state index contributed by atoms with van der Waals surface area (Å²) in [6, 6.07) is 15.0. The molecule has 3 aromatic rings. The quantitative estimate of drug-likeness (QED) is 0.641. The Kier molecular flexibility index (Phi) is 5.78. The van der Waals surface area contributed by atoms with Crippen LogP contribution in [0.4, 0.5) is 0 Å². The number of ether oxygens (including phenoxy) is 1. The molecule has 0 aliphatic heterocycles. The number of hydrogen-bond acceptors (Lipinski definition) is 5. The van der Waals surface area contributed by atoms with E-state index in [4.69, 9.17) is 10.5 Å². The molecule has 3 rings (SSSR count). The molecule has 1 amide bonds. The Morgan fingerprint density at radius 3 is 2.19 bits per heavy atom. The Balaban J connectivity index is 2.06. The Morgan fingerprint density at radius 2 is 1.59 bits per heavy atom. The number of primary amides is 1. The molecule has 1 atom stereocenters. The molecule has 0 aliphatic carbocycles. The van der Waals surface area contributed by atoms with Crippen molar-refractivity contribution in [3.8, 4) is 5.75 Å². The first-order valence-electron chi connectivity index (χ1n) is 8.62. The van der Waals surface area contributed by atoms with Crippen LogP contribution in [-0.4, -0.2) is 23.0 Å². The maximum atomic E-state index is 12.8. The number of rotatable bonds is 8. The third-order valence-electron chi connectivity index (χ3n) is 4.55. The second kappa shape index (κ2) is 8.42. The number of amides is 1. The van der Waals surface area contributed by atoms with Gasteiger partial charge in [0.25, 0.3) is 0 Å². The molecule has 0 aliphatic rings. The van der Waals surface area contributed by atoms with Gasteiger partial charge in [0.2, 0.25) is 5.91 Å². The van der Waals surface area contributed by atoms with Crippen molar-refractivity contribution in [1.29, 1.82) is 0 Å². The molecule has 2 aromatic heterocycles. The Bertz CT molecular complexity index is 887. The fourth-order valence-corrected chi connectivity index (χ4v) is 3.12. The Morgan fingerprint density at radius 1 is 1.00 bits per heavy atom. The second-order valence-electron chi connectivity index (χ2n) is 6.21. The summed E-state index contributed by atoms with van der Waals surface area (Å²) in [7, 11) is 1.58. The zero-order valence-corrected chi connectivity index (χ0v) is 15.1. The van der Waals surface area contributed by atoms with Crippen LogP contribution in [0.1, 0.15) is 16.7 Å². The first-order valence-corrected chi connectivity index (χ1v) is 8.62. The molecule has 2 heterocycles. The van der Waals surface area contributed by atoms with Gasteiger partial charge in [0.05, 0.1) is 7.11 Å². The lowest BCUT2D eigenvalue weighted by molar-refractivity contribution is -0.125. The Labute approximate surface area is 158 Å². The van der Waals surface area contributed by atoms with Gasteiger partial charge in [0.1, 0.15) is 11.3 Å². The highest BCUT2D eigenvalue weighted by Crippen LogP contribution is 2.33. The molecule has 0 saturated carbocycles. The summed E-state index contributed by atoms with van der Waals surface area (Å²) in [6.45, 7) is 0.453. The molecule has 138 valence electrons. The molecule has 6 heteroatoms. The largest absolute Gasteiger partial charge is 0.496 e. The van der Waals surface area contributed by atoms with E-state index in [-0.39, 0.29) is 0 Å². The van der Waals surface area contributed by atoms with Crippen molar-refractivity contribution in [3.05, 3.63) is 90.0 Å². The summed E-state index contributed by atoms with van der Waals surface area (Å²) in [5.74, 6) is 0.130. The van der Waals surface area contributed by atoms with E-state index >= 15 is 0 Å². The second-order valence-corrected chi connectivity index (χ2v) is 6.21. The predicted octanol–water partition coefficient (Wildman–Crippen LogP) is 2.20. The van der Waals surface area contributed by atoms with Gasteiger partial charge in [-0.05, 0) is 41.5 Å². The van der Waals surface area contributed by atoms with Gasteiger partial charge >= 0.3 is 0 Å². The lowest BCUT2D eigenvalue weighted by atomic mass is 9.82. The van der Waals surface area contributed by atoms with E-state index in [0.29, 0.717) is 24.3 Å². The lowest BCUT2D eigenvalue weighted by Gasteiger charge is -2.34. The van der Waals surface area contributed by atoms with Gasteiger partial charge in [0, 0.05) is 43.3 Å². The third-order valence-corrected chi connectivity index (χ3v) is 4.55. The maximum absolute atomic E-state index is 12.8. The van der Waals surface area contributed by atoms with Gasteiger partial charge in [-0.2, -0.15) is 0 Å². The van der Waals surface area contributed by atoms with Gasteiger partial charge in [-0.1, -0.05) is 18.2 Å². The van der Waals surface area contributed by atoms with E-state index in [1.165, 1.54) is 0 Å². The highest BCUT2D eigenvalue weighted by atomic mass is 16.5. The molecule has 0 spiro atoms. The molecule has 3 N–H and O–H groups in total. The number of carbonyl (C=O) groups excluding carboxylic acids is 1. The fourth-order valence-electron chi connectivity index (χ4n) is 3.12. The predicted molar refractivity (Wildman–Crippen MR) is 103 cm³/mol. The van der Waals surface area contributed by atoms with Crippen LogP contribution in [0.3, 0.4) is 0 Å². The number of nitrogens with zero attached hydrogens (tertiary/aromatic N) is 2. The SMILES string of the molecule is COc1ccccc1C(Cc1ccncc1)(NCc1ccncc1)C(N)=O. The molecule has 1 unspecified atom stereocenters.